The third-order valence-corrected chi connectivity index (χ3v) is 4.12. The van der Waals surface area contributed by atoms with Gasteiger partial charge in [0.05, 0.1) is 12.7 Å². The van der Waals surface area contributed by atoms with Gasteiger partial charge in [-0.1, -0.05) is 12.1 Å². The van der Waals surface area contributed by atoms with E-state index in [0.29, 0.717) is 6.61 Å². The summed E-state index contributed by atoms with van der Waals surface area (Å²) >= 11 is 0. The zero-order chi connectivity index (χ0) is 13.9. The third-order valence-electron chi connectivity index (χ3n) is 4.12. The highest BCUT2D eigenvalue weighted by Gasteiger charge is 2.37. The van der Waals surface area contributed by atoms with Crippen molar-refractivity contribution in [2.75, 3.05) is 13.2 Å². The first-order valence-electron chi connectivity index (χ1n) is 7.19. The second-order valence-corrected chi connectivity index (χ2v) is 5.81. The number of hydrogen-bond donors (Lipinski definition) is 1. The first kappa shape index (κ1) is 14.4. The largest absolute Gasteiger partial charge is 0.494 e. The summed E-state index contributed by atoms with van der Waals surface area (Å²) in [6.07, 6.45) is 1.73. The second-order valence-electron chi connectivity index (χ2n) is 5.81. The van der Waals surface area contributed by atoms with E-state index in [4.69, 9.17) is 4.74 Å². The number of aliphatic hydroxyl groups is 1. The lowest BCUT2D eigenvalue weighted by molar-refractivity contribution is -0.0481. The second kappa shape index (κ2) is 5.93. The highest BCUT2D eigenvalue weighted by atomic mass is 16.5. The number of rotatable bonds is 4. The van der Waals surface area contributed by atoms with E-state index in [1.54, 1.807) is 0 Å². The molecule has 0 aromatic heterocycles. The van der Waals surface area contributed by atoms with Crippen molar-refractivity contribution in [1.82, 2.24) is 4.90 Å². The van der Waals surface area contributed by atoms with Gasteiger partial charge in [0.1, 0.15) is 5.75 Å². The van der Waals surface area contributed by atoms with Gasteiger partial charge in [0.15, 0.2) is 0 Å². The van der Waals surface area contributed by atoms with Gasteiger partial charge in [-0.15, -0.1) is 0 Å². The lowest BCUT2D eigenvalue weighted by Crippen LogP contribution is -2.55. The molecule has 0 amide bonds. The maximum atomic E-state index is 10.2. The van der Waals surface area contributed by atoms with Crippen molar-refractivity contribution in [2.24, 2.45) is 0 Å². The van der Waals surface area contributed by atoms with E-state index in [9.17, 15) is 5.11 Å². The maximum absolute atomic E-state index is 10.2. The SMILES string of the molecule is CCOc1cccc(CN2CCCC(O)C2(C)C)c1. The van der Waals surface area contributed by atoms with Gasteiger partial charge in [0, 0.05) is 12.1 Å². The van der Waals surface area contributed by atoms with Crippen LogP contribution in [0.5, 0.6) is 5.75 Å². The molecule has 1 aliphatic rings. The van der Waals surface area contributed by atoms with Gasteiger partial charge >= 0.3 is 0 Å². The minimum atomic E-state index is -0.240. The fraction of sp³-hybridized carbons (Fsp3) is 0.625. The van der Waals surface area contributed by atoms with Gasteiger partial charge < -0.3 is 9.84 Å². The summed E-state index contributed by atoms with van der Waals surface area (Å²) in [5.41, 5.74) is 1.09. The Labute approximate surface area is 116 Å². The molecule has 106 valence electrons. The fourth-order valence-electron chi connectivity index (χ4n) is 2.73. The number of ether oxygens (including phenoxy) is 1. The Hall–Kier alpha value is -1.06. The van der Waals surface area contributed by atoms with Crippen LogP contribution in [0.3, 0.4) is 0 Å². The Morgan fingerprint density at radius 2 is 2.21 bits per heavy atom. The summed E-state index contributed by atoms with van der Waals surface area (Å²) in [5.74, 6) is 0.926. The number of nitrogens with zero attached hydrogens (tertiary/aromatic N) is 1. The molecule has 1 heterocycles. The van der Waals surface area contributed by atoms with E-state index in [2.05, 4.69) is 30.9 Å². The van der Waals surface area contributed by atoms with Crippen molar-refractivity contribution >= 4 is 0 Å². The Balaban J connectivity index is 2.09. The summed E-state index contributed by atoms with van der Waals surface area (Å²) < 4.78 is 5.54. The Kier molecular flexibility index (Phi) is 4.48. The monoisotopic (exact) mass is 263 g/mol. The van der Waals surface area contributed by atoms with Gasteiger partial charge in [-0.2, -0.15) is 0 Å². The van der Waals surface area contributed by atoms with Crippen LogP contribution in [0.4, 0.5) is 0 Å². The molecule has 3 nitrogen and oxygen atoms in total. The molecule has 0 saturated carbocycles. The van der Waals surface area contributed by atoms with Crippen LogP contribution in [-0.4, -0.2) is 34.8 Å². The van der Waals surface area contributed by atoms with Crippen LogP contribution in [0, 0.1) is 0 Å². The van der Waals surface area contributed by atoms with Crippen molar-refractivity contribution in [1.29, 1.82) is 0 Å². The number of likely N-dealkylation sites (tertiary alicyclic amines) is 1. The predicted molar refractivity (Wildman–Crippen MR) is 77.3 cm³/mol. The first-order chi connectivity index (χ1) is 9.04. The molecule has 1 aromatic rings. The minimum Gasteiger partial charge on any atom is -0.494 e. The quantitative estimate of drug-likeness (QED) is 0.906. The number of hydrogen-bond acceptors (Lipinski definition) is 3. The van der Waals surface area contributed by atoms with E-state index < -0.39 is 0 Å². The van der Waals surface area contributed by atoms with E-state index in [0.717, 1.165) is 31.7 Å². The zero-order valence-corrected chi connectivity index (χ0v) is 12.2. The number of piperidine rings is 1. The van der Waals surface area contributed by atoms with Crippen molar-refractivity contribution in [3.8, 4) is 5.75 Å². The van der Waals surface area contributed by atoms with E-state index >= 15 is 0 Å². The van der Waals surface area contributed by atoms with Gasteiger partial charge in [-0.05, 0) is 57.9 Å². The predicted octanol–water partition coefficient (Wildman–Crippen LogP) is 2.82. The van der Waals surface area contributed by atoms with E-state index in [1.165, 1.54) is 5.56 Å². The molecule has 1 saturated heterocycles. The Bertz CT molecular complexity index is 417. The van der Waals surface area contributed by atoms with Crippen LogP contribution in [0.25, 0.3) is 0 Å². The molecular weight excluding hydrogens is 238 g/mol. The highest BCUT2D eigenvalue weighted by Crippen LogP contribution is 2.29. The molecule has 0 radical (unpaired) electrons. The maximum Gasteiger partial charge on any atom is 0.119 e. The molecule has 0 bridgehead atoms. The van der Waals surface area contributed by atoms with Crippen LogP contribution in [-0.2, 0) is 6.54 Å². The molecule has 0 aliphatic carbocycles. The first-order valence-corrected chi connectivity index (χ1v) is 7.19. The molecule has 1 unspecified atom stereocenters. The van der Waals surface area contributed by atoms with Gasteiger partial charge in [-0.25, -0.2) is 0 Å². The van der Waals surface area contributed by atoms with Crippen molar-refractivity contribution in [3.63, 3.8) is 0 Å². The average molecular weight is 263 g/mol. The van der Waals surface area contributed by atoms with Crippen molar-refractivity contribution in [2.45, 2.75) is 51.8 Å². The Morgan fingerprint density at radius 3 is 2.95 bits per heavy atom. The summed E-state index contributed by atoms with van der Waals surface area (Å²) in [5, 5.41) is 10.2. The van der Waals surface area contributed by atoms with Crippen LogP contribution >= 0.6 is 0 Å². The molecule has 1 fully saturated rings. The van der Waals surface area contributed by atoms with E-state index in [1.807, 2.05) is 19.1 Å². The van der Waals surface area contributed by atoms with Gasteiger partial charge in [0.25, 0.3) is 0 Å². The summed E-state index contributed by atoms with van der Waals surface area (Å²) in [6.45, 7) is 8.86. The normalized spacial score (nSPS) is 23.3. The minimum absolute atomic E-state index is 0.153. The third kappa shape index (κ3) is 3.28. The average Bonchev–Trinajstić information content (AvgIpc) is 2.36. The van der Waals surface area contributed by atoms with Crippen LogP contribution in [0.2, 0.25) is 0 Å². The molecule has 1 N–H and O–H groups in total. The lowest BCUT2D eigenvalue weighted by Gasteiger charge is -2.46. The molecule has 1 aromatic carbocycles. The standard InChI is InChI=1S/C16H25NO2/c1-4-19-14-8-5-7-13(11-14)12-17-10-6-9-15(18)16(17,2)3/h5,7-8,11,15,18H,4,6,9-10,12H2,1-3H3. The van der Waals surface area contributed by atoms with Gasteiger partial charge in [-0.3, -0.25) is 4.90 Å². The van der Waals surface area contributed by atoms with Crippen molar-refractivity contribution < 1.29 is 9.84 Å². The molecule has 0 spiro atoms. The van der Waals surface area contributed by atoms with E-state index in [-0.39, 0.29) is 11.6 Å². The molecule has 3 heteroatoms. The van der Waals surface area contributed by atoms with Crippen LogP contribution in [0.1, 0.15) is 39.2 Å². The summed E-state index contributed by atoms with van der Waals surface area (Å²) in [6, 6.07) is 8.25. The lowest BCUT2D eigenvalue weighted by atomic mass is 9.87. The van der Waals surface area contributed by atoms with Crippen LogP contribution < -0.4 is 4.74 Å². The Morgan fingerprint density at radius 1 is 1.42 bits per heavy atom. The van der Waals surface area contributed by atoms with Crippen LogP contribution in [0.15, 0.2) is 24.3 Å². The smallest absolute Gasteiger partial charge is 0.119 e. The molecule has 2 rings (SSSR count). The highest BCUT2D eigenvalue weighted by molar-refractivity contribution is 5.28. The molecule has 19 heavy (non-hydrogen) atoms. The summed E-state index contributed by atoms with van der Waals surface area (Å²) in [7, 11) is 0. The molecular formula is C16H25NO2. The fourth-order valence-corrected chi connectivity index (χ4v) is 2.73. The topological polar surface area (TPSA) is 32.7 Å². The molecule has 1 aliphatic heterocycles. The zero-order valence-electron chi connectivity index (χ0n) is 12.2. The molecule has 1 atom stereocenters. The summed E-state index contributed by atoms with van der Waals surface area (Å²) in [4.78, 5) is 2.37. The number of benzene rings is 1. The van der Waals surface area contributed by atoms with Gasteiger partial charge in [0.2, 0.25) is 0 Å². The number of aliphatic hydroxyl groups excluding tert-OH is 1. The van der Waals surface area contributed by atoms with Crippen molar-refractivity contribution in [3.05, 3.63) is 29.8 Å².